The fraction of sp³-hybridized carbons (Fsp3) is 0.444. The molecule has 1 aromatic heterocycles. The SMILES string of the molecule is N#CCSCC(=O)NCCn1cc(C(=O)O)nn1. The molecule has 2 N–H and O–H groups in total. The number of aromatic nitrogens is 3. The molecule has 0 unspecified atom stereocenters. The maximum Gasteiger partial charge on any atom is 0.358 e. The Morgan fingerprint density at radius 1 is 1.61 bits per heavy atom. The van der Waals surface area contributed by atoms with Crippen LogP contribution in [0, 0.1) is 11.3 Å². The first kappa shape index (κ1) is 14.0. The van der Waals surface area contributed by atoms with E-state index in [2.05, 4.69) is 15.6 Å². The highest BCUT2D eigenvalue weighted by Crippen LogP contribution is 1.96. The summed E-state index contributed by atoms with van der Waals surface area (Å²) in [5, 5.41) is 26.6. The Morgan fingerprint density at radius 2 is 2.39 bits per heavy atom. The van der Waals surface area contributed by atoms with Crippen LogP contribution in [0.4, 0.5) is 0 Å². The number of hydrogen-bond donors (Lipinski definition) is 2. The smallest absolute Gasteiger partial charge is 0.358 e. The molecule has 0 bridgehead atoms. The second-order valence-corrected chi connectivity index (χ2v) is 4.16. The zero-order chi connectivity index (χ0) is 13.4. The number of thioether (sulfide) groups is 1. The predicted molar refractivity (Wildman–Crippen MR) is 62.9 cm³/mol. The molecule has 1 heterocycles. The summed E-state index contributed by atoms with van der Waals surface area (Å²) in [7, 11) is 0. The van der Waals surface area contributed by atoms with Gasteiger partial charge in [0.1, 0.15) is 0 Å². The van der Waals surface area contributed by atoms with Gasteiger partial charge in [0.05, 0.1) is 30.3 Å². The minimum atomic E-state index is -1.14. The zero-order valence-corrected chi connectivity index (χ0v) is 10.2. The molecule has 0 aliphatic rings. The van der Waals surface area contributed by atoms with E-state index in [0.29, 0.717) is 13.1 Å². The van der Waals surface area contributed by atoms with E-state index in [1.54, 1.807) is 0 Å². The second-order valence-electron chi connectivity index (χ2n) is 3.17. The van der Waals surface area contributed by atoms with E-state index in [1.165, 1.54) is 22.6 Å². The Labute approximate surface area is 107 Å². The van der Waals surface area contributed by atoms with Gasteiger partial charge in [-0.05, 0) is 0 Å². The van der Waals surface area contributed by atoms with Crippen molar-refractivity contribution in [3.05, 3.63) is 11.9 Å². The standard InChI is InChI=1S/C9H11N5O3S/c10-1-4-18-6-8(15)11-2-3-14-5-7(9(16)17)12-13-14/h5H,2-4,6H2,(H,11,15)(H,16,17). The van der Waals surface area contributed by atoms with Crippen molar-refractivity contribution in [3.8, 4) is 6.07 Å². The molecular formula is C9H11N5O3S. The third kappa shape index (κ3) is 4.84. The molecule has 1 aromatic rings. The summed E-state index contributed by atoms with van der Waals surface area (Å²) in [6.45, 7) is 0.670. The maximum absolute atomic E-state index is 11.2. The fourth-order valence-electron chi connectivity index (χ4n) is 1.06. The van der Waals surface area contributed by atoms with Crippen LogP contribution in [-0.2, 0) is 11.3 Å². The number of nitrogens with one attached hydrogen (secondary N) is 1. The van der Waals surface area contributed by atoms with Crippen LogP contribution in [0.2, 0.25) is 0 Å². The lowest BCUT2D eigenvalue weighted by molar-refractivity contribution is -0.118. The van der Waals surface area contributed by atoms with E-state index < -0.39 is 5.97 Å². The highest BCUT2D eigenvalue weighted by Gasteiger charge is 2.08. The largest absolute Gasteiger partial charge is 0.476 e. The average Bonchev–Trinajstić information content (AvgIpc) is 2.78. The molecule has 0 saturated carbocycles. The number of rotatable bonds is 7. The van der Waals surface area contributed by atoms with E-state index in [0.717, 1.165) is 0 Å². The lowest BCUT2D eigenvalue weighted by Crippen LogP contribution is -2.28. The highest BCUT2D eigenvalue weighted by molar-refractivity contribution is 8.00. The van der Waals surface area contributed by atoms with Gasteiger partial charge in [-0.1, -0.05) is 5.21 Å². The highest BCUT2D eigenvalue weighted by atomic mass is 32.2. The predicted octanol–water partition coefficient (Wildman–Crippen LogP) is -0.651. The number of aromatic carboxylic acids is 1. The quantitative estimate of drug-likeness (QED) is 0.631. The van der Waals surface area contributed by atoms with Gasteiger partial charge in [-0.2, -0.15) is 5.26 Å². The van der Waals surface area contributed by atoms with Gasteiger partial charge in [0.25, 0.3) is 0 Å². The minimum Gasteiger partial charge on any atom is -0.476 e. The van der Waals surface area contributed by atoms with Gasteiger partial charge in [0.15, 0.2) is 5.69 Å². The van der Waals surface area contributed by atoms with Gasteiger partial charge in [0, 0.05) is 6.54 Å². The molecule has 0 radical (unpaired) electrons. The molecule has 18 heavy (non-hydrogen) atoms. The van der Waals surface area contributed by atoms with Gasteiger partial charge in [-0.3, -0.25) is 4.79 Å². The molecule has 0 aliphatic carbocycles. The molecule has 8 nitrogen and oxygen atoms in total. The van der Waals surface area contributed by atoms with Crippen molar-refractivity contribution in [3.63, 3.8) is 0 Å². The number of nitrogens with zero attached hydrogens (tertiary/aromatic N) is 4. The van der Waals surface area contributed by atoms with Crippen LogP contribution in [0.15, 0.2) is 6.20 Å². The van der Waals surface area contributed by atoms with Crippen LogP contribution in [-0.4, -0.2) is 50.0 Å². The summed E-state index contributed by atoms with van der Waals surface area (Å²) in [5.41, 5.74) is -0.133. The van der Waals surface area contributed by atoms with Crippen molar-refractivity contribution >= 4 is 23.6 Å². The number of amides is 1. The van der Waals surface area contributed by atoms with Crippen molar-refractivity contribution in [1.82, 2.24) is 20.3 Å². The summed E-state index contributed by atoms with van der Waals surface area (Å²) in [6.07, 6.45) is 1.29. The molecule has 0 saturated heterocycles. The average molecular weight is 269 g/mol. The lowest BCUT2D eigenvalue weighted by atomic mass is 10.5. The van der Waals surface area contributed by atoms with Crippen LogP contribution >= 0.6 is 11.8 Å². The van der Waals surface area contributed by atoms with Crippen LogP contribution in [0.25, 0.3) is 0 Å². The summed E-state index contributed by atoms with van der Waals surface area (Å²) in [4.78, 5) is 21.8. The number of carbonyl (C=O) groups excluding carboxylic acids is 1. The van der Waals surface area contributed by atoms with Gasteiger partial charge >= 0.3 is 5.97 Å². The summed E-state index contributed by atoms with van der Waals surface area (Å²) in [6, 6.07) is 1.92. The Balaban J connectivity index is 2.22. The molecule has 0 aliphatic heterocycles. The first-order chi connectivity index (χ1) is 8.63. The molecule has 0 atom stereocenters. The Morgan fingerprint density at radius 3 is 3.00 bits per heavy atom. The molecule has 0 aromatic carbocycles. The molecule has 1 amide bonds. The summed E-state index contributed by atoms with van der Waals surface area (Å²) >= 11 is 1.23. The van der Waals surface area contributed by atoms with E-state index in [4.69, 9.17) is 10.4 Å². The van der Waals surface area contributed by atoms with Crippen molar-refractivity contribution in [2.75, 3.05) is 18.1 Å². The molecule has 0 fully saturated rings. The van der Waals surface area contributed by atoms with E-state index in [9.17, 15) is 9.59 Å². The molecular weight excluding hydrogens is 258 g/mol. The van der Waals surface area contributed by atoms with Crippen molar-refractivity contribution in [2.45, 2.75) is 6.54 Å². The minimum absolute atomic E-state index is 0.133. The number of nitriles is 1. The van der Waals surface area contributed by atoms with Crippen LogP contribution < -0.4 is 5.32 Å². The molecule has 9 heteroatoms. The number of hydrogen-bond acceptors (Lipinski definition) is 6. The van der Waals surface area contributed by atoms with E-state index >= 15 is 0 Å². The summed E-state index contributed by atoms with van der Waals surface area (Å²) < 4.78 is 1.34. The van der Waals surface area contributed by atoms with E-state index in [-0.39, 0.29) is 23.1 Å². The maximum atomic E-state index is 11.2. The Bertz CT molecular complexity index is 467. The van der Waals surface area contributed by atoms with E-state index in [1.807, 2.05) is 6.07 Å². The van der Waals surface area contributed by atoms with Crippen molar-refractivity contribution in [2.24, 2.45) is 0 Å². The lowest BCUT2D eigenvalue weighted by Gasteiger charge is -2.03. The van der Waals surface area contributed by atoms with Crippen molar-refractivity contribution in [1.29, 1.82) is 5.26 Å². The molecule has 96 valence electrons. The van der Waals surface area contributed by atoms with Gasteiger partial charge in [0.2, 0.25) is 5.91 Å². The number of carboxylic acid groups (broad SMARTS) is 1. The van der Waals surface area contributed by atoms with Gasteiger partial charge in [-0.15, -0.1) is 16.9 Å². The summed E-state index contributed by atoms with van der Waals surface area (Å²) in [5.74, 6) is -0.809. The Hall–Kier alpha value is -2.08. The van der Waals surface area contributed by atoms with Gasteiger partial charge in [-0.25, -0.2) is 9.48 Å². The fourth-order valence-corrected chi connectivity index (χ4v) is 1.54. The third-order valence-corrected chi connectivity index (χ3v) is 2.62. The first-order valence-corrected chi connectivity index (χ1v) is 6.13. The van der Waals surface area contributed by atoms with Crippen LogP contribution in [0.5, 0.6) is 0 Å². The topological polar surface area (TPSA) is 121 Å². The third-order valence-electron chi connectivity index (χ3n) is 1.82. The zero-order valence-electron chi connectivity index (χ0n) is 9.37. The molecule has 1 rings (SSSR count). The van der Waals surface area contributed by atoms with Crippen molar-refractivity contribution < 1.29 is 14.7 Å². The van der Waals surface area contributed by atoms with Crippen LogP contribution in [0.3, 0.4) is 0 Å². The van der Waals surface area contributed by atoms with Crippen LogP contribution in [0.1, 0.15) is 10.5 Å². The monoisotopic (exact) mass is 269 g/mol. The van der Waals surface area contributed by atoms with Gasteiger partial charge < -0.3 is 10.4 Å². The Kier molecular flexibility index (Phi) is 5.66. The molecule has 0 spiro atoms. The number of carboxylic acids is 1. The first-order valence-electron chi connectivity index (χ1n) is 4.98. The second kappa shape index (κ2) is 7.29. The normalized spacial score (nSPS) is 9.72. The number of carbonyl (C=O) groups is 2.